The Hall–Kier alpha value is -2.56. The van der Waals surface area contributed by atoms with Gasteiger partial charge in [-0.05, 0) is 51.3 Å². The Morgan fingerprint density at radius 3 is 2.32 bits per heavy atom. The molecule has 0 bridgehead atoms. The SMILES string of the molecule is Cc1ccc(CN(Cc2ccccc2)C(=O)CN(C(=O)C2CCC2)C(C)C)o1. The third-order valence-corrected chi connectivity index (χ3v) is 5.38. The highest BCUT2D eigenvalue weighted by Gasteiger charge is 2.32. The van der Waals surface area contributed by atoms with Crippen molar-refractivity contribution in [2.24, 2.45) is 5.92 Å². The summed E-state index contributed by atoms with van der Waals surface area (Å²) in [5.41, 5.74) is 1.06. The first-order valence-electron chi connectivity index (χ1n) is 10.1. The van der Waals surface area contributed by atoms with Crippen molar-refractivity contribution in [3.63, 3.8) is 0 Å². The maximum absolute atomic E-state index is 13.2. The van der Waals surface area contributed by atoms with E-state index in [4.69, 9.17) is 4.42 Å². The quantitative estimate of drug-likeness (QED) is 0.689. The van der Waals surface area contributed by atoms with Crippen molar-refractivity contribution in [3.05, 3.63) is 59.5 Å². The summed E-state index contributed by atoms with van der Waals surface area (Å²) >= 11 is 0. The van der Waals surface area contributed by atoms with Crippen molar-refractivity contribution >= 4 is 11.8 Å². The van der Waals surface area contributed by atoms with Crippen LogP contribution in [-0.4, -0.2) is 34.2 Å². The van der Waals surface area contributed by atoms with E-state index in [0.29, 0.717) is 13.1 Å². The van der Waals surface area contributed by atoms with Crippen molar-refractivity contribution in [2.75, 3.05) is 6.54 Å². The Labute approximate surface area is 167 Å². The molecule has 1 aliphatic carbocycles. The van der Waals surface area contributed by atoms with Crippen molar-refractivity contribution in [1.82, 2.24) is 9.80 Å². The fourth-order valence-electron chi connectivity index (χ4n) is 3.44. The van der Waals surface area contributed by atoms with Gasteiger partial charge in [0, 0.05) is 18.5 Å². The molecule has 5 heteroatoms. The summed E-state index contributed by atoms with van der Waals surface area (Å²) in [5, 5.41) is 0. The van der Waals surface area contributed by atoms with E-state index in [2.05, 4.69) is 0 Å². The van der Waals surface area contributed by atoms with E-state index in [1.165, 1.54) is 0 Å². The topological polar surface area (TPSA) is 53.8 Å². The van der Waals surface area contributed by atoms with Crippen LogP contribution in [0.5, 0.6) is 0 Å². The number of rotatable bonds is 8. The number of hydrogen-bond donors (Lipinski definition) is 0. The molecule has 1 aliphatic rings. The molecule has 150 valence electrons. The maximum Gasteiger partial charge on any atom is 0.242 e. The van der Waals surface area contributed by atoms with Gasteiger partial charge in [0.1, 0.15) is 18.1 Å². The van der Waals surface area contributed by atoms with Crippen molar-refractivity contribution in [1.29, 1.82) is 0 Å². The third kappa shape index (κ3) is 5.03. The molecular formula is C23H30N2O3. The van der Waals surface area contributed by atoms with Crippen LogP contribution < -0.4 is 0 Å². The van der Waals surface area contributed by atoms with Gasteiger partial charge in [-0.15, -0.1) is 0 Å². The van der Waals surface area contributed by atoms with E-state index in [1.807, 2.05) is 63.2 Å². The molecule has 0 atom stereocenters. The normalized spacial score (nSPS) is 14.0. The number of aryl methyl sites for hydroxylation is 1. The summed E-state index contributed by atoms with van der Waals surface area (Å²) in [6, 6.07) is 13.7. The lowest BCUT2D eigenvalue weighted by Crippen LogP contribution is -2.48. The second-order valence-electron chi connectivity index (χ2n) is 7.94. The monoisotopic (exact) mass is 382 g/mol. The maximum atomic E-state index is 13.2. The van der Waals surface area contributed by atoms with E-state index >= 15 is 0 Å². The van der Waals surface area contributed by atoms with Crippen LogP contribution in [0.15, 0.2) is 46.9 Å². The fourth-order valence-corrected chi connectivity index (χ4v) is 3.44. The number of carbonyl (C=O) groups excluding carboxylic acids is 2. The largest absolute Gasteiger partial charge is 0.464 e. The van der Waals surface area contributed by atoms with Crippen LogP contribution >= 0.6 is 0 Å². The average Bonchev–Trinajstić information content (AvgIpc) is 3.02. The highest BCUT2D eigenvalue weighted by Crippen LogP contribution is 2.29. The summed E-state index contributed by atoms with van der Waals surface area (Å²) in [5.74, 6) is 1.72. The van der Waals surface area contributed by atoms with Gasteiger partial charge in [0.25, 0.3) is 0 Å². The predicted molar refractivity (Wildman–Crippen MR) is 108 cm³/mol. The lowest BCUT2D eigenvalue weighted by Gasteiger charge is -2.35. The highest BCUT2D eigenvalue weighted by molar-refractivity contribution is 5.86. The first kappa shape index (κ1) is 20.2. The molecule has 28 heavy (non-hydrogen) atoms. The van der Waals surface area contributed by atoms with Crippen LogP contribution in [-0.2, 0) is 22.7 Å². The number of furan rings is 1. The zero-order valence-corrected chi connectivity index (χ0v) is 17.1. The number of benzene rings is 1. The van der Waals surface area contributed by atoms with Crippen LogP contribution in [0.25, 0.3) is 0 Å². The number of carbonyl (C=O) groups is 2. The summed E-state index contributed by atoms with van der Waals surface area (Å²) in [7, 11) is 0. The Morgan fingerprint density at radius 2 is 1.79 bits per heavy atom. The van der Waals surface area contributed by atoms with E-state index in [0.717, 1.165) is 36.3 Å². The molecule has 2 amide bonds. The van der Waals surface area contributed by atoms with Crippen LogP contribution in [0, 0.1) is 12.8 Å². The number of nitrogens with zero attached hydrogens (tertiary/aromatic N) is 2. The zero-order chi connectivity index (χ0) is 20.1. The lowest BCUT2D eigenvalue weighted by atomic mass is 9.84. The molecule has 1 heterocycles. The van der Waals surface area contributed by atoms with Crippen molar-refractivity contribution in [2.45, 2.75) is 59.2 Å². The molecule has 0 radical (unpaired) electrons. The van der Waals surface area contributed by atoms with Gasteiger partial charge in [-0.2, -0.15) is 0 Å². The van der Waals surface area contributed by atoms with Crippen molar-refractivity contribution in [3.8, 4) is 0 Å². The van der Waals surface area contributed by atoms with E-state index in [9.17, 15) is 9.59 Å². The lowest BCUT2D eigenvalue weighted by molar-refractivity contribution is -0.147. The van der Waals surface area contributed by atoms with Gasteiger partial charge < -0.3 is 14.2 Å². The molecule has 1 aromatic heterocycles. The van der Waals surface area contributed by atoms with E-state index in [-0.39, 0.29) is 30.3 Å². The fraction of sp³-hybridized carbons (Fsp3) is 0.478. The molecule has 1 saturated carbocycles. The Morgan fingerprint density at radius 1 is 1.07 bits per heavy atom. The second kappa shape index (κ2) is 9.09. The highest BCUT2D eigenvalue weighted by atomic mass is 16.3. The average molecular weight is 383 g/mol. The minimum absolute atomic E-state index is 0.00137. The van der Waals surface area contributed by atoms with Gasteiger partial charge in [-0.1, -0.05) is 36.8 Å². The zero-order valence-electron chi connectivity index (χ0n) is 17.1. The first-order chi connectivity index (χ1) is 13.4. The van der Waals surface area contributed by atoms with Gasteiger partial charge in [-0.3, -0.25) is 9.59 Å². The molecular weight excluding hydrogens is 352 g/mol. The van der Waals surface area contributed by atoms with Crippen LogP contribution in [0.2, 0.25) is 0 Å². The van der Waals surface area contributed by atoms with Crippen LogP contribution in [0.1, 0.15) is 50.2 Å². The Balaban J connectivity index is 1.74. The molecule has 1 aromatic carbocycles. The molecule has 0 unspecified atom stereocenters. The molecule has 0 N–H and O–H groups in total. The van der Waals surface area contributed by atoms with E-state index < -0.39 is 0 Å². The minimum atomic E-state index is -0.0562. The Bertz CT molecular complexity index is 793. The number of hydrogen-bond acceptors (Lipinski definition) is 3. The molecule has 0 saturated heterocycles. The summed E-state index contributed by atoms with van der Waals surface area (Å²) in [4.78, 5) is 29.5. The minimum Gasteiger partial charge on any atom is -0.464 e. The Kier molecular flexibility index (Phi) is 6.55. The predicted octanol–water partition coefficient (Wildman–Crippen LogP) is 4.15. The summed E-state index contributed by atoms with van der Waals surface area (Å²) < 4.78 is 5.69. The summed E-state index contributed by atoms with van der Waals surface area (Å²) in [6.45, 7) is 6.83. The van der Waals surface area contributed by atoms with E-state index in [1.54, 1.807) is 9.80 Å². The third-order valence-electron chi connectivity index (χ3n) is 5.38. The number of amides is 2. The molecule has 3 rings (SSSR count). The second-order valence-corrected chi connectivity index (χ2v) is 7.94. The summed E-state index contributed by atoms with van der Waals surface area (Å²) in [6.07, 6.45) is 2.99. The van der Waals surface area contributed by atoms with Crippen molar-refractivity contribution < 1.29 is 14.0 Å². The molecule has 0 aliphatic heterocycles. The molecule has 0 spiro atoms. The molecule has 5 nitrogen and oxygen atoms in total. The van der Waals surface area contributed by atoms with Crippen LogP contribution in [0.4, 0.5) is 0 Å². The first-order valence-corrected chi connectivity index (χ1v) is 10.1. The van der Waals surface area contributed by atoms with Crippen LogP contribution in [0.3, 0.4) is 0 Å². The van der Waals surface area contributed by atoms with Gasteiger partial charge in [0.15, 0.2) is 0 Å². The van der Waals surface area contributed by atoms with Gasteiger partial charge >= 0.3 is 0 Å². The van der Waals surface area contributed by atoms with Gasteiger partial charge in [-0.25, -0.2) is 0 Å². The standard InChI is InChI=1S/C23H30N2O3/c1-17(2)25(23(27)20-10-7-11-20)16-22(26)24(14-19-8-5-4-6-9-19)15-21-13-12-18(3)28-21/h4-6,8-9,12-13,17,20H,7,10-11,14-16H2,1-3H3. The van der Waals surface area contributed by atoms with Gasteiger partial charge in [0.05, 0.1) is 6.54 Å². The van der Waals surface area contributed by atoms with Gasteiger partial charge in [0.2, 0.25) is 11.8 Å². The molecule has 1 fully saturated rings. The molecule has 2 aromatic rings. The smallest absolute Gasteiger partial charge is 0.242 e.